The monoisotopic (exact) mass is 356 g/mol. The van der Waals surface area contributed by atoms with Crippen molar-refractivity contribution in [1.29, 1.82) is 0 Å². The SMILES string of the molecule is COc1cc(C(=O)Nc2cccc(NC(C)=O)c2C)ccc1OC(C)C. The third-order valence-electron chi connectivity index (χ3n) is 3.68. The highest BCUT2D eigenvalue weighted by Gasteiger charge is 2.14. The molecule has 0 atom stereocenters. The fourth-order valence-corrected chi connectivity index (χ4v) is 2.45. The first-order valence-corrected chi connectivity index (χ1v) is 8.35. The maximum Gasteiger partial charge on any atom is 0.255 e. The molecule has 0 aliphatic carbocycles. The molecule has 26 heavy (non-hydrogen) atoms. The van der Waals surface area contributed by atoms with Gasteiger partial charge in [-0.25, -0.2) is 0 Å². The van der Waals surface area contributed by atoms with Gasteiger partial charge in [-0.05, 0) is 56.7 Å². The highest BCUT2D eigenvalue weighted by Crippen LogP contribution is 2.30. The van der Waals surface area contributed by atoms with Crippen LogP contribution in [0.5, 0.6) is 11.5 Å². The topological polar surface area (TPSA) is 76.7 Å². The largest absolute Gasteiger partial charge is 0.493 e. The number of hydrogen-bond acceptors (Lipinski definition) is 4. The van der Waals surface area contributed by atoms with Crippen molar-refractivity contribution in [2.75, 3.05) is 17.7 Å². The molecule has 0 saturated carbocycles. The Hall–Kier alpha value is -3.02. The Morgan fingerprint density at radius 2 is 1.65 bits per heavy atom. The number of methoxy groups -OCH3 is 1. The molecule has 0 aromatic heterocycles. The van der Waals surface area contributed by atoms with Crippen LogP contribution in [0.1, 0.15) is 36.7 Å². The second-order valence-corrected chi connectivity index (χ2v) is 6.15. The van der Waals surface area contributed by atoms with Crippen molar-refractivity contribution in [3.8, 4) is 11.5 Å². The molecule has 138 valence electrons. The van der Waals surface area contributed by atoms with Crippen LogP contribution in [0.3, 0.4) is 0 Å². The Kier molecular flexibility index (Phi) is 6.22. The predicted molar refractivity (Wildman–Crippen MR) is 102 cm³/mol. The number of carbonyl (C=O) groups is 2. The third-order valence-corrected chi connectivity index (χ3v) is 3.68. The minimum absolute atomic E-state index is 0.00254. The first kappa shape index (κ1) is 19.3. The molecule has 0 radical (unpaired) electrons. The van der Waals surface area contributed by atoms with E-state index >= 15 is 0 Å². The van der Waals surface area contributed by atoms with Crippen LogP contribution in [0, 0.1) is 6.92 Å². The van der Waals surface area contributed by atoms with E-state index in [1.54, 1.807) is 36.4 Å². The van der Waals surface area contributed by atoms with E-state index in [1.807, 2.05) is 20.8 Å². The summed E-state index contributed by atoms with van der Waals surface area (Å²) in [6.45, 7) is 7.12. The highest BCUT2D eigenvalue weighted by atomic mass is 16.5. The summed E-state index contributed by atoms with van der Waals surface area (Å²) in [6.07, 6.45) is 0.00254. The smallest absolute Gasteiger partial charge is 0.255 e. The summed E-state index contributed by atoms with van der Waals surface area (Å²) in [5, 5.41) is 5.61. The van der Waals surface area contributed by atoms with Gasteiger partial charge in [-0.2, -0.15) is 0 Å². The van der Waals surface area contributed by atoms with Gasteiger partial charge in [-0.1, -0.05) is 6.07 Å². The molecule has 2 aromatic rings. The maximum atomic E-state index is 12.6. The van der Waals surface area contributed by atoms with E-state index in [1.165, 1.54) is 14.0 Å². The molecule has 2 aromatic carbocycles. The van der Waals surface area contributed by atoms with Gasteiger partial charge in [0.05, 0.1) is 13.2 Å². The molecular formula is C20H24N2O4. The second-order valence-electron chi connectivity index (χ2n) is 6.15. The van der Waals surface area contributed by atoms with E-state index in [0.717, 1.165) is 5.56 Å². The maximum absolute atomic E-state index is 12.6. The second kappa shape index (κ2) is 8.38. The van der Waals surface area contributed by atoms with Crippen molar-refractivity contribution in [2.24, 2.45) is 0 Å². The van der Waals surface area contributed by atoms with Gasteiger partial charge in [0, 0.05) is 23.9 Å². The molecule has 2 amide bonds. The summed E-state index contributed by atoms with van der Waals surface area (Å²) in [4.78, 5) is 23.9. The Morgan fingerprint density at radius 1 is 1.00 bits per heavy atom. The van der Waals surface area contributed by atoms with Crippen molar-refractivity contribution < 1.29 is 19.1 Å². The van der Waals surface area contributed by atoms with E-state index in [9.17, 15) is 9.59 Å². The van der Waals surface area contributed by atoms with Gasteiger partial charge in [0.25, 0.3) is 5.91 Å². The van der Waals surface area contributed by atoms with Gasteiger partial charge in [-0.3, -0.25) is 9.59 Å². The van der Waals surface area contributed by atoms with Crippen molar-refractivity contribution in [2.45, 2.75) is 33.8 Å². The molecule has 6 nitrogen and oxygen atoms in total. The van der Waals surface area contributed by atoms with Crippen LogP contribution in [-0.4, -0.2) is 25.0 Å². The molecule has 0 aliphatic heterocycles. The Balaban J connectivity index is 2.24. The summed E-state index contributed by atoms with van der Waals surface area (Å²) >= 11 is 0. The van der Waals surface area contributed by atoms with Crippen LogP contribution >= 0.6 is 0 Å². The average molecular weight is 356 g/mol. The first-order valence-electron chi connectivity index (χ1n) is 8.35. The van der Waals surface area contributed by atoms with E-state index < -0.39 is 0 Å². The summed E-state index contributed by atoms with van der Waals surface area (Å²) < 4.78 is 11.0. The molecule has 0 spiro atoms. The first-order chi connectivity index (χ1) is 12.3. The molecule has 0 bridgehead atoms. The van der Waals surface area contributed by atoms with Crippen molar-refractivity contribution >= 4 is 23.2 Å². The summed E-state index contributed by atoms with van der Waals surface area (Å²) in [5.41, 5.74) is 2.52. The number of amides is 2. The van der Waals surface area contributed by atoms with Crippen molar-refractivity contribution in [3.05, 3.63) is 47.5 Å². The predicted octanol–water partition coefficient (Wildman–Crippen LogP) is 4.00. The third kappa shape index (κ3) is 4.75. The van der Waals surface area contributed by atoms with Crippen LogP contribution in [0.15, 0.2) is 36.4 Å². The fourth-order valence-electron chi connectivity index (χ4n) is 2.45. The van der Waals surface area contributed by atoms with Crippen LogP contribution in [-0.2, 0) is 4.79 Å². The Bertz CT molecular complexity index is 815. The number of ether oxygens (including phenoxy) is 2. The average Bonchev–Trinajstić information content (AvgIpc) is 2.57. The van der Waals surface area contributed by atoms with Crippen LogP contribution in [0.4, 0.5) is 11.4 Å². The normalized spacial score (nSPS) is 10.4. The van der Waals surface area contributed by atoms with Gasteiger partial charge in [0.1, 0.15) is 0 Å². The molecule has 6 heteroatoms. The Morgan fingerprint density at radius 3 is 2.23 bits per heavy atom. The molecule has 0 heterocycles. The number of carbonyl (C=O) groups excluding carboxylic acids is 2. The summed E-state index contributed by atoms with van der Waals surface area (Å²) in [5.74, 6) is 0.641. The molecule has 2 N–H and O–H groups in total. The van der Waals surface area contributed by atoms with E-state index in [2.05, 4.69) is 10.6 Å². The van der Waals surface area contributed by atoms with Gasteiger partial charge in [-0.15, -0.1) is 0 Å². The molecule has 0 aliphatic rings. The van der Waals surface area contributed by atoms with Crippen LogP contribution in [0.2, 0.25) is 0 Å². The van der Waals surface area contributed by atoms with E-state index in [0.29, 0.717) is 28.4 Å². The summed E-state index contributed by atoms with van der Waals surface area (Å²) in [6, 6.07) is 10.4. The zero-order chi connectivity index (χ0) is 19.3. The standard InChI is InChI=1S/C20H24N2O4/c1-12(2)26-18-10-9-15(11-19(18)25-5)20(24)22-17-8-6-7-16(13(17)3)21-14(4)23/h6-12H,1-5H3,(H,21,23)(H,22,24). The van der Waals surface area contributed by atoms with Gasteiger partial charge >= 0.3 is 0 Å². The Labute approximate surface area is 153 Å². The molecule has 0 fully saturated rings. The lowest BCUT2D eigenvalue weighted by Crippen LogP contribution is -2.15. The number of hydrogen-bond donors (Lipinski definition) is 2. The van der Waals surface area contributed by atoms with Gasteiger partial charge in [0.2, 0.25) is 5.91 Å². The zero-order valence-electron chi connectivity index (χ0n) is 15.7. The summed E-state index contributed by atoms with van der Waals surface area (Å²) in [7, 11) is 1.53. The lowest BCUT2D eigenvalue weighted by atomic mass is 10.1. The van der Waals surface area contributed by atoms with Crippen molar-refractivity contribution in [1.82, 2.24) is 0 Å². The minimum atomic E-state index is -0.275. The van der Waals surface area contributed by atoms with Gasteiger partial charge < -0.3 is 20.1 Å². The number of anilines is 2. The van der Waals surface area contributed by atoms with Crippen molar-refractivity contribution in [3.63, 3.8) is 0 Å². The number of rotatable bonds is 6. The minimum Gasteiger partial charge on any atom is -0.493 e. The fraction of sp³-hybridized carbons (Fsp3) is 0.300. The van der Waals surface area contributed by atoms with E-state index in [-0.39, 0.29) is 17.9 Å². The number of nitrogens with one attached hydrogen (secondary N) is 2. The highest BCUT2D eigenvalue weighted by molar-refractivity contribution is 6.05. The van der Waals surface area contributed by atoms with Gasteiger partial charge in [0.15, 0.2) is 11.5 Å². The lowest BCUT2D eigenvalue weighted by Gasteiger charge is -2.15. The zero-order valence-corrected chi connectivity index (χ0v) is 15.7. The van der Waals surface area contributed by atoms with Crippen LogP contribution < -0.4 is 20.1 Å². The molecule has 0 unspecified atom stereocenters. The molecule has 0 saturated heterocycles. The lowest BCUT2D eigenvalue weighted by molar-refractivity contribution is -0.114. The molecule has 2 rings (SSSR count). The number of benzene rings is 2. The quantitative estimate of drug-likeness (QED) is 0.820. The van der Waals surface area contributed by atoms with Crippen LogP contribution in [0.25, 0.3) is 0 Å². The van der Waals surface area contributed by atoms with E-state index in [4.69, 9.17) is 9.47 Å². The molecular weight excluding hydrogens is 332 g/mol.